The average molecular weight is 268 g/mol. The van der Waals surface area contributed by atoms with E-state index < -0.39 is 29.4 Å². The van der Waals surface area contributed by atoms with Crippen molar-refractivity contribution in [2.24, 2.45) is 11.1 Å². The lowest BCUT2D eigenvalue weighted by atomic mass is 9.87. The third-order valence-electron chi connectivity index (χ3n) is 2.81. The van der Waals surface area contributed by atoms with Gasteiger partial charge in [-0.15, -0.1) is 0 Å². The van der Waals surface area contributed by atoms with Crippen LogP contribution in [0.5, 0.6) is 0 Å². The number of imidazole rings is 1. The van der Waals surface area contributed by atoms with Gasteiger partial charge in [0.05, 0.1) is 12.4 Å². The van der Waals surface area contributed by atoms with Crippen LogP contribution in [-0.4, -0.2) is 39.0 Å². The van der Waals surface area contributed by atoms with Crippen molar-refractivity contribution in [3.8, 4) is 0 Å². The Morgan fingerprint density at radius 2 is 2.16 bits per heavy atom. The van der Waals surface area contributed by atoms with Crippen molar-refractivity contribution in [3.63, 3.8) is 0 Å². The van der Waals surface area contributed by atoms with Crippen molar-refractivity contribution in [1.29, 1.82) is 0 Å². The number of nitrogens with two attached hydrogens (primary N) is 1. The summed E-state index contributed by atoms with van der Waals surface area (Å²) >= 11 is 0. The molecular weight excluding hydrogens is 248 g/mol. The molecule has 1 aromatic heterocycles. The van der Waals surface area contributed by atoms with Gasteiger partial charge in [-0.25, -0.2) is 9.78 Å². The lowest BCUT2D eigenvalue weighted by Gasteiger charge is -2.27. The fraction of sp³-hybridized carbons (Fsp3) is 0.583. The average Bonchev–Trinajstić information content (AvgIpc) is 2.78. The van der Waals surface area contributed by atoms with Gasteiger partial charge in [0.25, 0.3) is 0 Å². The Kier molecular flexibility index (Phi) is 4.66. The first-order valence-electron chi connectivity index (χ1n) is 5.98. The van der Waals surface area contributed by atoms with E-state index >= 15 is 0 Å². The van der Waals surface area contributed by atoms with Gasteiger partial charge < -0.3 is 21.1 Å². The van der Waals surface area contributed by atoms with Crippen LogP contribution in [0.15, 0.2) is 12.5 Å². The van der Waals surface area contributed by atoms with Crippen molar-refractivity contribution >= 4 is 11.9 Å². The minimum absolute atomic E-state index is 0.137. The van der Waals surface area contributed by atoms with Crippen LogP contribution < -0.4 is 11.1 Å². The van der Waals surface area contributed by atoms with Crippen LogP contribution in [0.25, 0.3) is 0 Å². The van der Waals surface area contributed by atoms with Gasteiger partial charge >= 0.3 is 5.97 Å². The second kappa shape index (κ2) is 5.83. The smallest absolute Gasteiger partial charge is 0.326 e. The van der Waals surface area contributed by atoms with Crippen LogP contribution in [0.2, 0.25) is 0 Å². The number of nitrogens with one attached hydrogen (secondary N) is 2. The number of hydrogen-bond acceptors (Lipinski definition) is 4. The summed E-state index contributed by atoms with van der Waals surface area (Å²) in [5.41, 5.74) is 6.00. The molecule has 19 heavy (non-hydrogen) atoms. The number of carbonyl (C=O) groups is 2. The highest BCUT2D eigenvalue weighted by Crippen LogP contribution is 2.17. The number of aliphatic carboxylic acids is 1. The second-order valence-electron chi connectivity index (χ2n) is 5.52. The number of carboxylic acid groups (broad SMARTS) is 1. The van der Waals surface area contributed by atoms with Gasteiger partial charge in [-0.05, 0) is 5.41 Å². The van der Waals surface area contributed by atoms with Crippen molar-refractivity contribution in [3.05, 3.63) is 18.2 Å². The fourth-order valence-corrected chi connectivity index (χ4v) is 1.47. The Morgan fingerprint density at radius 1 is 1.53 bits per heavy atom. The quantitative estimate of drug-likeness (QED) is 0.594. The monoisotopic (exact) mass is 268 g/mol. The Labute approximate surface area is 111 Å². The molecule has 0 saturated carbocycles. The van der Waals surface area contributed by atoms with Gasteiger partial charge in [0.1, 0.15) is 6.04 Å². The first-order chi connectivity index (χ1) is 8.71. The minimum Gasteiger partial charge on any atom is -0.480 e. The molecule has 0 aliphatic heterocycles. The molecule has 2 atom stereocenters. The third-order valence-corrected chi connectivity index (χ3v) is 2.81. The molecule has 0 aliphatic carbocycles. The van der Waals surface area contributed by atoms with Crippen LogP contribution >= 0.6 is 0 Å². The summed E-state index contributed by atoms with van der Waals surface area (Å²) in [6, 6.07) is -1.79. The lowest BCUT2D eigenvalue weighted by Crippen LogP contribution is -2.53. The van der Waals surface area contributed by atoms with Gasteiger partial charge in [0.15, 0.2) is 0 Å². The van der Waals surface area contributed by atoms with Gasteiger partial charge in [0, 0.05) is 18.3 Å². The molecule has 1 heterocycles. The number of carbonyl (C=O) groups excluding carboxylic acids is 1. The van der Waals surface area contributed by atoms with Crippen molar-refractivity contribution in [2.45, 2.75) is 39.3 Å². The SMILES string of the molecule is CC(C)(C)[C@H](N)C(=O)N[C@H](Cc1cnc[nH]1)C(=O)O. The summed E-state index contributed by atoms with van der Waals surface area (Å²) < 4.78 is 0. The van der Waals surface area contributed by atoms with E-state index in [4.69, 9.17) is 10.8 Å². The van der Waals surface area contributed by atoms with Gasteiger partial charge in [-0.2, -0.15) is 0 Å². The summed E-state index contributed by atoms with van der Waals surface area (Å²) in [4.78, 5) is 29.7. The van der Waals surface area contributed by atoms with E-state index in [0.29, 0.717) is 5.69 Å². The summed E-state index contributed by atoms with van der Waals surface area (Å²) in [6.45, 7) is 5.46. The van der Waals surface area contributed by atoms with Crippen LogP contribution in [-0.2, 0) is 16.0 Å². The van der Waals surface area contributed by atoms with E-state index in [9.17, 15) is 9.59 Å². The molecule has 5 N–H and O–H groups in total. The van der Waals surface area contributed by atoms with Crippen LogP contribution in [0.1, 0.15) is 26.5 Å². The lowest BCUT2D eigenvalue weighted by molar-refractivity contribution is -0.142. The zero-order valence-corrected chi connectivity index (χ0v) is 11.3. The largest absolute Gasteiger partial charge is 0.480 e. The number of aromatic nitrogens is 2. The molecule has 7 heteroatoms. The summed E-state index contributed by atoms with van der Waals surface area (Å²) in [5.74, 6) is -1.58. The van der Waals surface area contributed by atoms with E-state index in [1.165, 1.54) is 12.5 Å². The van der Waals surface area contributed by atoms with E-state index in [1.807, 2.05) is 20.8 Å². The summed E-state index contributed by atoms with van der Waals surface area (Å²) in [5, 5.41) is 11.6. The van der Waals surface area contributed by atoms with Crippen molar-refractivity contribution in [1.82, 2.24) is 15.3 Å². The molecule has 0 spiro atoms. The topological polar surface area (TPSA) is 121 Å². The minimum atomic E-state index is -1.11. The number of carboxylic acids is 1. The zero-order chi connectivity index (χ0) is 14.6. The van der Waals surface area contributed by atoms with E-state index in [0.717, 1.165) is 0 Å². The molecule has 0 saturated heterocycles. The maximum atomic E-state index is 11.9. The number of H-pyrrole nitrogens is 1. The molecule has 0 unspecified atom stereocenters. The van der Waals surface area contributed by atoms with E-state index in [-0.39, 0.29) is 6.42 Å². The standard InChI is InChI=1S/C12H20N4O3/c1-12(2,3)9(13)10(17)16-8(11(18)19)4-7-5-14-6-15-7/h5-6,8-9H,4,13H2,1-3H3,(H,14,15)(H,16,17)(H,18,19)/t8-,9-/m1/s1. The van der Waals surface area contributed by atoms with Gasteiger partial charge in [0.2, 0.25) is 5.91 Å². The third kappa shape index (κ3) is 4.36. The van der Waals surface area contributed by atoms with E-state index in [2.05, 4.69) is 15.3 Å². The fourth-order valence-electron chi connectivity index (χ4n) is 1.47. The molecule has 0 bridgehead atoms. The molecule has 1 aromatic rings. The number of amides is 1. The maximum absolute atomic E-state index is 11.9. The Bertz CT molecular complexity index is 436. The highest BCUT2D eigenvalue weighted by Gasteiger charge is 2.30. The Morgan fingerprint density at radius 3 is 2.58 bits per heavy atom. The normalized spacial score (nSPS) is 14.7. The van der Waals surface area contributed by atoms with Crippen LogP contribution in [0.4, 0.5) is 0 Å². The molecule has 1 amide bonds. The van der Waals surface area contributed by atoms with Crippen LogP contribution in [0, 0.1) is 5.41 Å². The predicted octanol–water partition coefficient (Wildman–Crippen LogP) is -0.105. The summed E-state index contributed by atoms with van der Waals surface area (Å²) in [6.07, 6.45) is 3.11. The molecule has 1 rings (SSSR count). The van der Waals surface area contributed by atoms with Crippen LogP contribution in [0.3, 0.4) is 0 Å². The maximum Gasteiger partial charge on any atom is 0.326 e. The highest BCUT2D eigenvalue weighted by atomic mass is 16.4. The number of aromatic amines is 1. The molecule has 7 nitrogen and oxygen atoms in total. The first kappa shape index (κ1) is 15.2. The van der Waals surface area contributed by atoms with Crippen molar-refractivity contribution in [2.75, 3.05) is 0 Å². The number of nitrogens with zero attached hydrogens (tertiary/aromatic N) is 1. The molecule has 0 aromatic carbocycles. The predicted molar refractivity (Wildman–Crippen MR) is 69.3 cm³/mol. The number of rotatable bonds is 5. The Hall–Kier alpha value is -1.89. The molecule has 0 aliphatic rings. The Balaban J connectivity index is 2.69. The molecule has 0 fully saturated rings. The second-order valence-corrected chi connectivity index (χ2v) is 5.52. The summed E-state index contributed by atoms with van der Waals surface area (Å²) in [7, 11) is 0. The molecular formula is C12H20N4O3. The van der Waals surface area contributed by atoms with Crippen molar-refractivity contribution < 1.29 is 14.7 Å². The van der Waals surface area contributed by atoms with Gasteiger partial charge in [-0.3, -0.25) is 4.79 Å². The van der Waals surface area contributed by atoms with Gasteiger partial charge in [-0.1, -0.05) is 20.8 Å². The first-order valence-corrected chi connectivity index (χ1v) is 5.98. The highest BCUT2D eigenvalue weighted by molar-refractivity contribution is 5.87. The number of hydrogen-bond donors (Lipinski definition) is 4. The zero-order valence-electron chi connectivity index (χ0n) is 11.3. The van der Waals surface area contributed by atoms with E-state index in [1.54, 1.807) is 0 Å². The molecule has 106 valence electrons. The molecule has 0 radical (unpaired) electrons.